The molecular weight excluding hydrogens is 344 g/mol. The van der Waals surface area contributed by atoms with Gasteiger partial charge in [0.15, 0.2) is 5.96 Å². The number of hydrogen-bond acceptors (Lipinski definition) is 4. The Morgan fingerprint density at radius 1 is 1.41 bits per heavy atom. The highest BCUT2D eigenvalue weighted by atomic mass is 16.5. The molecule has 1 aliphatic rings. The normalized spacial score (nSPS) is 17.6. The van der Waals surface area contributed by atoms with Gasteiger partial charge in [0.25, 0.3) is 0 Å². The van der Waals surface area contributed by atoms with Crippen LogP contribution in [0.3, 0.4) is 0 Å². The lowest BCUT2D eigenvalue weighted by molar-refractivity contribution is -0.119. The molecule has 0 radical (unpaired) electrons. The number of hydrogen-bond donors (Lipinski definition) is 2. The zero-order valence-corrected chi connectivity index (χ0v) is 16.4. The molecule has 27 heavy (non-hydrogen) atoms. The van der Waals surface area contributed by atoms with Crippen molar-refractivity contribution in [2.75, 3.05) is 40.5 Å². The first-order valence-electron chi connectivity index (χ1n) is 9.57. The molecule has 1 aromatic carbocycles. The van der Waals surface area contributed by atoms with Gasteiger partial charge in [0, 0.05) is 53.2 Å². The molecule has 1 atom stereocenters. The van der Waals surface area contributed by atoms with Gasteiger partial charge in [0.1, 0.15) is 5.75 Å². The summed E-state index contributed by atoms with van der Waals surface area (Å²) in [7, 11) is 3.48. The number of primary amides is 1. The molecule has 1 heterocycles. The molecule has 7 nitrogen and oxygen atoms in total. The lowest BCUT2D eigenvalue weighted by atomic mass is 9.95. The molecular formula is C20H32N4O3. The summed E-state index contributed by atoms with van der Waals surface area (Å²) in [5, 5.41) is 3.42. The summed E-state index contributed by atoms with van der Waals surface area (Å²) in [4.78, 5) is 17.8. The number of rotatable bonds is 9. The molecule has 2 rings (SSSR count). The largest absolute Gasteiger partial charge is 0.493 e. The first-order chi connectivity index (χ1) is 13.1. The number of guanidine groups is 1. The molecule has 0 aliphatic carbocycles. The number of ether oxygens (including phenoxy) is 2. The van der Waals surface area contributed by atoms with Gasteiger partial charge in [-0.3, -0.25) is 9.79 Å². The van der Waals surface area contributed by atoms with Gasteiger partial charge in [0.05, 0.1) is 6.61 Å². The Morgan fingerprint density at radius 2 is 2.26 bits per heavy atom. The van der Waals surface area contributed by atoms with Gasteiger partial charge in [0.2, 0.25) is 5.91 Å². The van der Waals surface area contributed by atoms with Crippen molar-refractivity contribution in [3.05, 3.63) is 29.8 Å². The number of nitrogens with zero attached hydrogens (tertiary/aromatic N) is 2. The van der Waals surface area contributed by atoms with Crippen LogP contribution in [0.15, 0.2) is 29.3 Å². The number of likely N-dealkylation sites (tertiary alicyclic amines) is 1. The number of carbonyl (C=O) groups excluding carboxylic acids is 1. The maximum atomic E-state index is 11.2. The zero-order valence-electron chi connectivity index (χ0n) is 16.4. The van der Waals surface area contributed by atoms with Crippen molar-refractivity contribution in [1.29, 1.82) is 0 Å². The first kappa shape index (κ1) is 21.0. The topological polar surface area (TPSA) is 89.2 Å². The highest BCUT2D eigenvalue weighted by Crippen LogP contribution is 2.19. The third-order valence-electron chi connectivity index (χ3n) is 4.63. The molecule has 7 heteroatoms. The molecule has 0 spiro atoms. The van der Waals surface area contributed by atoms with Crippen molar-refractivity contribution in [3.8, 4) is 5.75 Å². The maximum Gasteiger partial charge on any atom is 0.217 e. The van der Waals surface area contributed by atoms with E-state index in [0.29, 0.717) is 32.1 Å². The van der Waals surface area contributed by atoms with Crippen molar-refractivity contribution < 1.29 is 14.3 Å². The van der Waals surface area contributed by atoms with Gasteiger partial charge in [-0.15, -0.1) is 0 Å². The average Bonchev–Trinajstić information content (AvgIpc) is 2.66. The molecule has 0 bridgehead atoms. The van der Waals surface area contributed by atoms with Gasteiger partial charge < -0.3 is 25.4 Å². The van der Waals surface area contributed by atoms with E-state index in [9.17, 15) is 4.79 Å². The van der Waals surface area contributed by atoms with Crippen LogP contribution in [-0.4, -0.2) is 57.2 Å². The van der Waals surface area contributed by atoms with Crippen LogP contribution in [0.2, 0.25) is 0 Å². The lowest BCUT2D eigenvalue weighted by Gasteiger charge is -2.34. The number of amides is 1. The monoisotopic (exact) mass is 376 g/mol. The van der Waals surface area contributed by atoms with Crippen molar-refractivity contribution in [3.63, 3.8) is 0 Å². The Morgan fingerprint density at radius 3 is 3.00 bits per heavy atom. The Kier molecular flexibility index (Phi) is 8.91. The van der Waals surface area contributed by atoms with Crippen molar-refractivity contribution in [2.45, 2.75) is 32.2 Å². The molecule has 1 aliphatic heterocycles. The summed E-state index contributed by atoms with van der Waals surface area (Å²) >= 11 is 0. The van der Waals surface area contributed by atoms with E-state index >= 15 is 0 Å². The zero-order chi connectivity index (χ0) is 19.5. The predicted octanol–water partition coefficient (Wildman–Crippen LogP) is 1.76. The molecule has 1 fully saturated rings. The van der Waals surface area contributed by atoms with Gasteiger partial charge in [-0.2, -0.15) is 0 Å². The quantitative estimate of drug-likeness (QED) is 0.389. The number of nitrogens with two attached hydrogens (primary N) is 1. The summed E-state index contributed by atoms with van der Waals surface area (Å²) in [6, 6.07) is 8.06. The summed E-state index contributed by atoms with van der Waals surface area (Å²) in [5.74, 6) is 1.79. The Hall–Kier alpha value is -2.28. The third kappa shape index (κ3) is 7.46. The summed E-state index contributed by atoms with van der Waals surface area (Å²) in [6.07, 6.45) is 3.39. The minimum Gasteiger partial charge on any atom is -0.493 e. The fourth-order valence-corrected chi connectivity index (χ4v) is 3.36. The fraction of sp³-hybridized carbons (Fsp3) is 0.600. The second-order valence-electron chi connectivity index (χ2n) is 6.87. The lowest BCUT2D eigenvalue weighted by Crippen LogP contribution is -2.46. The molecule has 0 aromatic heterocycles. The van der Waals surface area contributed by atoms with E-state index in [-0.39, 0.29) is 5.91 Å². The van der Waals surface area contributed by atoms with Gasteiger partial charge in [-0.25, -0.2) is 0 Å². The van der Waals surface area contributed by atoms with E-state index in [1.54, 1.807) is 14.2 Å². The van der Waals surface area contributed by atoms with Crippen LogP contribution in [0, 0.1) is 5.92 Å². The number of nitrogens with one attached hydrogen (secondary N) is 1. The van der Waals surface area contributed by atoms with Crippen LogP contribution >= 0.6 is 0 Å². The van der Waals surface area contributed by atoms with E-state index in [0.717, 1.165) is 49.6 Å². The van der Waals surface area contributed by atoms with Crippen molar-refractivity contribution >= 4 is 11.9 Å². The molecule has 0 saturated carbocycles. The molecule has 1 amide bonds. The van der Waals surface area contributed by atoms with Crippen LogP contribution in [0.1, 0.15) is 31.2 Å². The highest BCUT2D eigenvalue weighted by molar-refractivity contribution is 5.80. The molecule has 1 saturated heterocycles. The van der Waals surface area contributed by atoms with Crippen LogP contribution in [0.5, 0.6) is 5.75 Å². The van der Waals surface area contributed by atoms with Gasteiger partial charge in [-0.1, -0.05) is 12.1 Å². The number of carbonyl (C=O) groups is 1. The fourth-order valence-electron chi connectivity index (χ4n) is 3.36. The first-order valence-corrected chi connectivity index (χ1v) is 9.57. The van der Waals surface area contributed by atoms with Crippen LogP contribution in [-0.2, 0) is 16.1 Å². The van der Waals surface area contributed by atoms with E-state index in [4.69, 9.17) is 15.2 Å². The molecule has 150 valence electrons. The SMILES string of the molecule is CN=C(NCc1cccc(OCCCOC)c1)N1CCCC(CC(N)=O)C1. The third-order valence-corrected chi connectivity index (χ3v) is 4.63. The van der Waals surface area contributed by atoms with Crippen LogP contribution < -0.4 is 15.8 Å². The Balaban J connectivity index is 1.85. The van der Waals surface area contributed by atoms with Gasteiger partial charge >= 0.3 is 0 Å². The molecule has 1 aromatic rings. The number of methoxy groups -OCH3 is 1. The average molecular weight is 377 g/mol. The van der Waals surface area contributed by atoms with E-state index in [1.165, 1.54) is 0 Å². The van der Waals surface area contributed by atoms with E-state index in [2.05, 4.69) is 21.3 Å². The highest BCUT2D eigenvalue weighted by Gasteiger charge is 2.23. The smallest absolute Gasteiger partial charge is 0.217 e. The standard InChI is InChI=1S/C20H32N4O3/c1-22-20(24-9-4-7-17(15-24)13-19(21)25)23-14-16-6-3-8-18(12-16)27-11-5-10-26-2/h3,6,8,12,17H,4-5,7,9-11,13-15H2,1-2H3,(H2,21,25)(H,22,23). The van der Waals surface area contributed by atoms with Crippen molar-refractivity contribution in [1.82, 2.24) is 10.2 Å². The maximum absolute atomic E-state index is 11.2. The number of aliphatic imine (C=N–C) groups is 1. The van der Waals surface area contributed by atoms with Gasteiger partial charge in [-0.05, 0) is 36.5 Å². The predicted molar refractivity (Wildman–Crippen MR) is 107 cm³/mol. The summed E-state index contributed by atoms with van der Waals surface area (Å²) in [6.45, 7) is 3.76. The molecule has 3 N–H and O–H groups in total. The number of benzene rings is 1. The molecule has 1 unspecified atom stereocenters. The Labute approximate surface area is 161 Å². The second kappa shape index (κ2) is 11.4. The number of piperidine rings is 1. The van der Waals surface area contributed by atoms with Crippen LogP contribution in [0.4, 0.5) is 0 Å². The van der Waals surface area contributed by atoms with Crippen LogP contribution in [0.25, 0.3) is 0 Å². The Bertz CT molecular complexity index is 621. The summed E-state index contributed by atoms with van der Waals surface area (Å²) < 4.78 is 10.8. The minimum absolute atomic E-state index is 0.230. The second-order valence-corrected chi connectivity index (χ2v) is 6.87. The minimum atomic E-state index is -0.230. The van der Waals surface area contributed by atoms with Crippen molar-refractivity contribution in [2.24, 2.45) is 16.6 Å². The van der Waals surface area contributed by atoms with E-state index in [1.807, 2.05) is 18.2 Å². The summed E-state index contributed by atoms with van der Waals surface area (Å²) in [5.41, 5.74) is 6.49. The van der Waals surface area contributed by atoms with E-state index < -0.39 is 0 Å².